The number of hydrogen-bond acceptors (Lipinski definition) is 2. The first-order valence-electron chi connectivity index (χ1n) is 15.7. The summed E-state index contributed by atoms with van der Waals surface area (Å²) in [6.45, 7) is -0.233. The summed E-state index contributed by atoms with van der Waals surface area (Å²) in [6, 6.07) is 55.9. The molecule has 0 radical (unpaired) electrons. The van der Waals surface area contributed by atoms with E-state index in [1.165, 1.54) is 27.4 Å². The lowest BCUT2D eigenvalue weighted by Crippen LogP contribution is -2.53. The lowest BCUT2D eigenvalue weighted by molar-refractivity contribution is 0.479. The van der Waals surface area contributed by atoms with E-state index in [2.05, 4.69) is 150 Å². The Morgan fingerprint density at radius 1 is 0.435 bits per heavy atom. The van der Waals surface area contributed by atoms with E-state index < -0.39 is 0 Å². The molecule has 3 heterocycles. The van der Waals surface area contributed by atoms with Crippen LogP contribution >= 0.6 is 0 Å². The smallest absolute Gasteiger partial charge is 0.434 e. The number of aromatic nitrogens is 1. The zero-order chi connectivity index (χ0) is 30.2. The van der Waals surface area contributed by atoms with Crippen molar-refractivity contribution in [2.75, 3.05) is 0 Å². The summed E-state index contributed by atoms with van der Waals surface area (Å²) >= 11 is 0. The molecule has 0 spiro atoms. The summed E-state index contributed by atoms with van der Waals surface area (Å²) in [5.74, 6) is 2.57. The normalized spacial score (nSPS) is 12.7. The van der Waals surface area contributed by atoms with Crippen LogP contribution < -0.4 is 20.3 Å². The van der Waals surface area contributed by atoms with Gasteiger partial charge in [0.25, 0.3) is 0 Å². The van der Waals surface area contributed by atoms with Gasteiger partial charge in [0, 0.05) is 32.9 Å². The Hall–Kier alpha value is -6.00. The quantitative estimate of drug-likeness (QED) is 0.192. The van der Waals surface area contributed by atoms with E-state index in [4.69, 9.17) is 9.39 Å². The predicted molar refractivity (Wildman–Crippen MR) is 189 cm³/mol. The fraction of sp³-hybridized carbons (Fsp3) is 0. The number of rotatable bonds is 3. The van der Waals surface area contributed by atoms with E-state index in [-0.39, 0.29) is 6.92 Å². The minimum atomic E-state index is -0.233. The van der Waals surface area contributed by atoms with E-state index in [0.29, 0.717) is 0 Å². The monoisotopic (exact) mass is 587 g/mol. The fourth-order valence-corrected chi connectivity index (χ4v) is 7.36. The Morgan fingerprint density at radius 2 is 1.11 bits per heavy atom. The highest BCUT2D eigenvalue weighted by atomic mass is 16.5. The highest BCUT2D eigenvalue weighted by Crippen LogP contribution is 2.43. The van der Waals surface area contributed by atoms with Gasteiger partial charge in [0.2, 0.25) is 0 Å². The number of ether oxygens (including phenoxy) is 1. The van der Waals surface area contributed by atoms with E-state index in [9.17, 15) is 0 Å². The molecule has 8 aromatic rings. The molecule has 2 aliphatic rings. The van der Waals surface area contributed by atoms with Crippen LogP contribution in [0, 0.1) is 0 Å². The van der Waals surface area contributed by atoms with Crippen molar-refractivity contribution in [3.8, 4) is 56.3 Å². The molecule has 0 bridgehead atoms. The maximum atomic E-state index is 6.77. The Morgan fingerprint density at radius 3 is 1.93 bits per heavy atom. The lowest BCUT2D eigenvalue weighted by Gasteiger charge is -2.33. The predicted octanol–water partition coefficient (Wildman–Crippen LogP) is 9.39. The molecule has 0 saturated carbocycles. The van der Waals surface area contributed by atoms with Crippen molar-refractivity contribution in [1.82, 2.24) is 4.57 Å². The molecule has 0 amide bonds. The third-order valence-corrected chi connectivity index (χ3v) is 9.47. The maximum Gasteiger partial charge on any atom is 0.434 e. The Bertz CT molecular complexity index is 2440. The van der Waals surface area contributed by atoms with Crippen LogP contribution in [0.25, 0.3) is 60.9 Å². The van der Waals surface area contributed by atoms with Crippen LogP contribution in [0.3, 0.4) is 0 Å². The van der Waals surface area contributed by atoms with Gasteiger partial charge >= 0.3 is 6.92 Å². The first kappa shape index (κ1) is 25.3. The third kappa shape index (κ3) is 3.74. The van der Waals surface area contributed by atoms with Crippen molar-refractivity contribution in [2.45, 2.75) is 0 Å². The minimum absolute atomic E-state index is 0.233. The van der Waals surface area contributed by atoms with Gasteiger partial charge in [-0.2, -0.15) is 0 Å². The highest BCUT2D eigenvalue weighted by Gasteiger charge is 2.41. The van der Waals surface area contributed by atoms with Gasteiger partial charge in [-0.3, -0.25) is 0 Å². The van der Waals surface area contributed by atoms with Crippen molar-refractivity contribution in [3.05, 3.63) is 158 Å². The van der Waals surface area contributed by atoms with Crippen LogP contribution in [-0.2, 0) is 0 Å². The average molecular weight is 587 g/mol. The second-order valence-corrected chi connectivity index (χ2v) is 12.1. The van der Waals surface area contributed by atoms with Crippen LogP contribution in [0.4, 0.5) is 0 Å². The molecule has 10 rings (SSSR count). The van der Waals surface area contributed by atoms with E-state index in [1.54, 1.807) is 0 Å². The van der Waals surface area contributed by atoms with Gasteiger partial charge in [0.1, 0.15) is 17.2 Å². The van der Waals surface area contributed by atoms with Crippen molar-refractivity contribution >= 4 is 39.6 Å². The van der Waals surface area contributed by atoms with E-state index >= 15 is 0 Å². The van der Waals surface area contributed by atoms with Crippen molar-refractivity contribution in [1.29, 1.82) is 0 Å². The molecule has 0 fully saturated rings. The largest absolute Gasteiger partial charge is 0.551 e. The summed E-state index contributed by atoms with van der Waals surface area (Å²) in [4.78, 5) is 0. The molecule has 4 heteroatoms. The molecule has 3 nitrogen and oxygen atoms in total. The van der Waals surface area contributed by atoms with Crippen molar-refractivity contribution in [3.63, 3.8) is 0 Å². The second kappa shape index (κ2) is 9.75. The molecule has 0 aliphatic carbocycles. The second-order valence-electron chi connectivity index (χ2n) is 12.1. The van der Waals surface area contributed by atoms with Crippen LogP contribution in [0.1, 0.15) is 0 Å². The average Bonchev–Trinajstić information content (AvgIpc) is 3.46. The Labute approximate surface area is 267 Å². The summed E-state index contributed by atoms with van der Waals surface area (Å²) in [5.41, 5.74) is 12.5. The molecule has 2 aliphatic heterocycles. The van der Waals surface area contributed by atoms with Crippen LogP contribution in [0.5, 0.6) is 17.2 Å². The number of benzene rings is 7. The molecule has 1 aromatic heterocycles. The summed E-state index contributed by atoms with van der Waals surface area (Å²) < 4.78 is 15.8. The summed E-state index contributed by atoms with van der Waals surface area (Å²) in [5, 5.41) is 2.51. The van der Waals surface area contributed by atoms with Gasteiger partial charge in [0.05, 0.1) is 11.0 Å². The molecule has 0 unspecified atom stereocenters. The minimum Gasteiger partial charge on any atom is -0.551 e. The SMILES string of the molecule is c1ccc(-c2ccc3c(c2)-c2cc(-c4cccc(-n5c6ccccc6c6ccccc65)c4)cc4c2B(O3)c2ccccc2O4)cc1. The zero-order valence-electron chi connectivity index (χ0n) is 24.9. The van der Waals surface area contributed by atoms with Crippen LogP contribution in [0.15, 0.2) is 158 Å². The first-order chi connectivity index (χ1) is 22.8. The van der Waals surface area contributed by atoms with Gasteiger partial charge < -0.3 is 14.0 Å². The molecule has 0 N–H and O–H groups in total. The molecular formula is C42H26BNO2. The van der Waals surface area contributed by atoms with Gasteiger partial charge in [-0.25, -0.2) is 0 Å². The molecule has 46 heavy (non-hydrogen) atoms. The standard InChI is InChI=1S/C42H26BNO2/c1-2-11-27(12-3-1)29-21-22-39-34(24-29)35-25-30(26-41-42(35)43(46-39)36-17-6-9-20-40(36)45-41)28-13-10-14-31(23-28)44-37-18-7-4-15-32(37)33-16-5-8-19-38(33)44/h1-26H. The van der Waals surface area contributed by atoms with Gasteiger partial charge in [0.15, 0.2) is 0 Å². The van der Waals surface area contributed by atoms with Crippen LogP contribution in [0.2, 0.25) is 0 Å². The highest BCUT2D eigenvalue weighted by molar-refractivity contribution is 6.84. The van der Waals surface area contributed by atoms with Crippen molar-refractivity contribution < 1.29 is 9.39 Å². The third-order valence-electron chi connectivity index (χ3n) is 9.47. The zero-order valence-corrected chi connectivity index (χ0v) is 24.9. The Balaban J connectivity index is 1.19. The lowest BCUT2D eigenvalue weighted by atomic mass is 9.50. The topological polar surface area (TPSA) is 23.4 Å². The van der Waals surface area contributed by atoms with Crippen molar-refractivity contribution in [2.24, 2.45) is 0 Å². The molecule has 0 atom stereocenters. The molecule has 7 aromatic carbocycles. The fourth-order valence-electron chi connectivity index (χ4n) is 7.36. The van der Waals surface area contributed by atoms with Crippen LogP contribution in [-0.4, -0.2) is 11.5 Å². The number of hydrogen-bond donors (Lipinski definition) is 0. The Kier molecular flexibility index (Phi) is 5.37. The van der Waals surface area contributed by atoms with Gasteiger partial charge in [-0.1, -0.05) is 103 Å². The number of fused-ring (bicyclic) bond motifs is 7. The number of nitrogens with zero attached hydrogens (tertiary/aromatic N) is 1. The molecule has 0 saturated heterocycles. The van der Waals surface area contributed by atoms with E-state index in [1.807, 2.05) is 12.1 Å². The summed E-state index contributed by atoms with van der Waals surface area (Å²) in [6.07, 6.45) is 0. The summed E-state index contributed by atoms with van der Waals surface area (Å²) in [7, 11) is 0. The molecule has 214 valence electrons. The van der Waals surface area contributed by atoms with Gasteiger partial charge in [-0.15, -0.1) is 0 Å². The first-order valence-corrected chi connectivity index (χ1v) is 15.7. The van der Waals surface area contributed by atoms with Gasteiger partial charge in [-0.05, 0) is 82.4 Å². The van der Waals surface area contributed by atoms with E-state index in [0.717, 1.165) is 61.7 Å². The maximum absolute atomic E-state index is 6.77. The molecular weight excluding hydrogens is 561 g/mol. The number of para-hydroxylation sites is 3.